The molecule has 0 spiro atoms. The van der Waals surface area contributed by atoms with Crippen LogP contribution in [0.4, 0.5) is 0 Å². The fourth-order valence-electron chi connectivity index (χ4n) is 2.12. The van der Waals surface area contributed by atoms with Gasteiger partial charge in [-0.2, -0.15) is 0 Å². The number of benzene rings is 1. The van der Waals surface area contributed by atoms with Crippen molar-refractivity contribution in [2.75, 3.05) is 19.7 Å². The number of halogens is 1. The molecular formula is C14H19ClN2O4S. The highest BCUT2D eigenvalue weighted by Gasteiger charge is 2.17. The van der Waals surface area contributed by atoms with E-state index in [1.165, 1.54) is 24.3 Å². The van der Waals surface area contributed by atoms with E-state index in [-0.39, 0.29) is 29.9 Å². The zero-order chi connectivity index (χ0) is 16.0. The molecule has 0 bridgehead atoms. The summed E-state index contributed by atoms with van der Waals surface area (Å²) in [6.07, 6.45) is 2.12. The molecule has 6 nitrogen and oxygen atoms in total. The Bertz CT molecular complexity index is 598. The fourth-order valence-corrected chi connectivity index (χ4v) is 3.28. The monoisotopic (exact) mass is 346 g/mol. The van der Waals surface area contributed by atoms with E-state index in [4.69, 9.17) is 16.3 Å². The standard InChI is InChI=1S/C14H19ClN2O4S/c15-11-3-5-13(6-4-11)22(19,20)17-8-7-14(18)16-10-12-2-1-9-21-12/h3-6,12,17H,1-2,7-10H2,(H,16,18)/t12-/m1/s1. The van der Waals surface area contributed by atoms with Gasteiger partial charge in [0.2, 0.25) is 15.9 Å². The molecule has 0 unspecified atom stereocenters. The summed E-state index contributed by atoms with van der Waals surface area (Å²) in [5, 5.41) is 3.21. The first-order valence-corrected chi connectivity index (χ1v) is 8.97. The van der Waals surface area contributed by atoms with Gasteiger partial charge in [0.1, 0.15) is 0 Å². The van der Waals surface area contributed by atoms with Crippen LogP contribution in [0.25, 0.3) is 0 Å². The van der Waals surface area contributed by atoms with Crippen LogP contribution in [0.5, 0.6) is 0 Å². The summed E-state index contributed by atoms with van der Waals surface area (Å²) in [6, 6.07) is 5.85. The first-order chi connectivity index (χ1) is 10.5. The maximum atomic E-state index is 12.0. The van der Waals surface area contributed by atoms with Crippen molar-refractivity contribution in [3.05, 3.63) is 29.3 Å². The molecule has 1 aromatic carbocycles. The number of ether oxygens (including phenoxy) is 1. The van der Waals surface area contributed by atoms with Crippen molar-refractivity contribution in [3.63, 3.8) is 0 Å². The summed E-state index contributed by atoms with van der Waals surface area (Å²) in [6.45, 7) is 1.26. The molecular weight excluding hydrogens is 328 g/mol. The maximum Gasteiger partial charge on any atom is 0.240 e. The Labute approximate surface area is 135 Å². The smallest absolute Gasteiger partial charge is 0.240 e. The largest absolute Gasteiger partial charge is 0.376 e. The van der Waals surface area contributed by atoms with Gasteiger partial charge >= 0.3 is 0 Å². The van der Waals surface area contributed by atoms with Crippen molar-refractivity contribution in [2.45, 2.75) is 30.3 Å². The third-order valence-corrected chi connectivity index (χ3v) is 5.05. The van der Waals surface area contributed by atoms with Gasteiger partial charge in [0.15, 0.2) is 0 Å². The lowest BCUT2D eigenvalue weighted by molar-refractivity contribution is -0.121. The fraction of sp³-hybridized carbons (Fsp3) is 0.500. The summed E-state index contributed by atoms with van der Waals surface area (Å²) in [5.74, 6) is -0.200. The number of nitrogens with one attached hydrogen (secondary N) is 2. The molecule has 1 atom stereocenters. The van der Waals surface area contributed by atoms with E-state index in [9.17, 15) is 13.2 Å². The van der Waals surface area contributed by atoms with Gasteiger partial charge in [-0.3, -0.25) is 4.79 Å². The van der Waals surface area contributed by atoms with Gasteiger partial charge in [0.05, 0.1) is 11.0 Å². The van der Waals surface area contributed by atoms with Crippen LogP contribution >= 0.6 is 11.6 Å². The van der Waals surface area contributed by atoms with Gasteiger partial charge < -0.3 is 10.1 Å². The lowest BCUT2D eigenvalue weighted by Gasteiger charge is -2.11. The van der Waals surface area contributed by atoms with Gasteiger partial charge in [-0.1, -0.05) is 11.6 Å². The van der Waals surface area contributed by atoms with E-state index in [1.54, 1.807) is 0 Å². The number of amides is 1. The Kier molecular flexibility index (Phi) is 6.19. The Morgan fingerprint density at radius 1 is 1.32 bits per heavy atom. The minimum Gasteiger partial charge on any atom is -0.376 e. The zero-order valence-corrected chi connectivity index (χ0v) is 13.6. The summed E-state index contributed by atoms with van der Waals surface area (Å²) < 4.78 is 31.8. The van der Waals surface area contributed by atoms with Crippen molar-refractivity contribution in [1.29, 1.82) is 0 Å². The Morgan fingerprint density at radius 3 is 2.68 bits per heavy atom. The average molecular weight is 347 g/mol. The van der Waals surface area contributed by atoms with E-state index in [2.05, 4.69) is 10.0 Å². The molecule has 1 aliphatic rings. The topological polar surface area (TPSA) is 84.5 Å². The molecule has 1 aliphatic heterocycles. The molecule has 8 heteroatoms. The molecule has 1 fully saturated rings. The average Bonchev–Trinajstić information content (AvgIpc) is 2.99. The van der Waals surface area contributed by atoms with E-state index < -0.39 is 10.0 Å². The second-order valence-electron chi connectivity index (χ2n) is 5.04. The van der Waals surface area contributed by atoms with Crippen molar-refractivity contribution in [2.24, 2.45) is 0 Å². The third-order valence-electron chi connectivity index (χ3n) is 3.32. The summed E-state index contributed by atoms with van der Waals surface area (Å²) in [7, 11) is -3.62. The Morgan fingerprint density at radius 2 is 2.05 bits per heavy atom. The highest BCUT2D eigenvalue weighted by atomic mass is 35.5. The van der Waals surface area contributed by atoms with Crippen LogP contribution in [0.1, 0.15) is 19.3 Å². The van der Waals surface area contributed by atoms with Gasteiger partial charge in [0, 0.05) is 31.1 Å². The lowest BCUT2D eigenvalue weighted by atomic mass is 10.2. The number of hydrogen-bond acceptors (Lipinski definition) is 4. The van der Waals surface area contributed by atoms with Gasteiger partial charge in [-0.25, -0.2) is 13.1 Å². The second kappa shape index (κ2) is 7.92. The van der Waals surface area contributed by atoms with Gasteiger partial charge in [-0.05, 0) is 37.1 Å². The van der Waals surface area contributed by atoms with Crippen molar-refractivity contribution in [1.82, 2.24) is 10.0 Å². The quantitative estimate of drug-likeness (QED) is 0.779. The van der Waals surface area contributed by atoms with Crippen LogP contribution in [-0.2, 0) is 19.6 Å². The van der Waals surface area contributed by atoms with Crippen molar-refractivity contribution >= 4 is 27.5 Å². The molecule has 22 heavy (non-hydrogen) atoms. The van der Waals surface area contributed by atoms with Crippen LogP contribution in [0, 0.1) is 0 Å². The lowest BCUT2D eigenvalue weighted by Crippen LogP contribution is -2.34. The van der Waals surface area contributed by atoms with Crippen LogP contribution in [0.15, 0.2) is 29.2 Å². The number of carbonyl (C=O) groups is 1. The normalized spacial score (nSPS) is 18.3. The molecule has 2 N–H and O–H groups in total. The number of hydrogen-bond donors (Lipinski definition) is 2. The number of carbonyl (C=O) groups excluding carboxylic acids is 1. The first kappa shape index (κ1) is 17.2. The Balaban J connectivity index is 1.72. The Hall–Kier alpha value is -1.15. The number of rotatable bonds is 7. The third kappa shape index (κ3) is 5.24. The highest BCUT2D eigenvalue weighted by Crippen LogP contribution is 2.13. The van der Waals surface area contributed by atoms with Crippen LogP contribution in [-0.4, -0.2) is 40.1 Å². The van der Waals surface area contributed by atoms with E-state index in [1.807, 2.05) is 0 Å². The van der Waals surface area contributed by atoms with E-state index in [0.29, 0.717) is 11.6 Å². The van der Waals surface area contributed by atoms with Gasteiger partial charge in [0.25, 0.3) is 0 Å². The molecule has 1 aromatic rings. The minimum atomic E-state index is -3.62. The highest BCUT2D eigenvalue weighted by molar-refractivity contribution is 7.89. The SMILES string of the molecule is O=C(CCNS(=O)(=O)c1ccc(Cl)cc1)NC[C@H]1CCCO1. The summed E-state index contributed by atoms with van der Waals surface area (Å²) in [5.41, 5.74) is 0. The van der Waals surface area contributed by atoms with Crippen LogP contribution < -0.4 is 10.0 Å². The predicted octanol–water partition coefficient (Wildman–Crippen LogP) is 1.30. The molecule has 0 aromatic heterocycles. The number of sulfonamides is 1. The summed E-state index contributed by atoms with van der Waals surface area (Å²) >= 11 is 5.72. The second-order valence-corrected chi connectivity index (χ2v) is 7.24. The van der Waals surface area contributed by atoms with Crippen LogP contribution in [0.2, 0.25) is 5.02 Å². The molecule has 2 rings (SSSR count). The van der Waals surface area contributed by atoms with E-state index in [0.717, 1.165) is 19.4 Å². The molecule has 0 saturated carbocycles. The molecule has 1 saturated heterocycles. The molecule has 122 valence electrons. The predicted molar refractivity (Wildman–Crippen MR) is 83.2 cm³/mol. The first-order valence-electron chi connectivity index (χ1n) is 7.11. The van der Waals surface area contributed by atoms with Gasteiger partial charge in [-0.15, -0.1) is 0 Å². The molecule has 0 radical (unpaired) electrons. The molecule has 1 heterocycles. The minimum absolute atomic E-state index is 0.0440. The van der Waals surface area contributed by atoms with Crippen molar-refractivity contribution < 1.29 is 17.9 Å². The van der Waals surface area contributed by atoms with Crippen molar-refractivity contribution in [3.8, 4) is 0 Å². The van der Waals surface area contributed by atoms with Crippen LogP contribution in [0.3, 0.4) is 0 Å². The summed E-state index contributed by atoms with van der Waals surface area (Å²) in [4.78, 5) is 11.8. The van der Waals surface area contributed by atoms with E-state index >= 15 is 0 Å². The zero-order valence-electron chi connectivity index (χ0n) is 12.0. The molecule has 1 amide bonds. The molecule has 0 aliphatic carbocycles. The maximum absolute atomic E-state index is 12.0.